The fraction of sp³-hybridized carbons (Fsp3) is 0.500. The fourth-order valence-electron chi connectivity index (χ4n) is 1.69. The molecule has 0 radical (unpaired) electrons. The van der Waals surface area contributed by atoms with Gasteiger partial charge in [-0.15, -0.1) is 12.4 Å². The predicted octanol–water partition coefficient (Wildman–Crippen LogP) is 2.80. The van der Waals surface area contributed by atoms with Gasteiger partial charge >= 0.3 is 0 Å². The van der Waals surface area contributed by atoms with E-state index in [0.717, 1.165) is 24.9 Å². The Labute approximate surface area is 116 Å². The molecular weight excluding hydrogens is 248 g/mol. The third-order valence-corrected chi connectivity index (χ3v) is 2.74. The van der Waals surface area contributed by atoms with Gasteiger partial charge in [-0.2, -0.15) is 0 Å². The van der Waals surface area contributed by atoms with E-state index in [0.29, 0.717) is 6.42 Å². The Morgan fingerprint density at radius 3 is 2.56 bits per heavy atom. The molecule has 1 aromatic rings. The Balaban J connectivity index is 0.00000289. The van der Waals surface area contributed by atoms with E-state index in [9.17, 15) is 4.79 Å². The molecule has 0 saturated carbocycles. The summed E-state index contributed by atoms with van der Waals surface area (Å²) in [6.07, 6.45) is 3.73. The van der Waals surface area contributed by atoms with E-state index in [-0.39, 0.29) is 24.4 Å². The first kappa shape index (κ1) is 16.9. The van der Waals surface area contributed by atoms with E-state index < -0.39 is 0 Å². The lowest BCUT2D eigenvalue weighted by Gasteiger charge is -2.11. The molecule has 0 bridgehead atoms. The molecule has 0 aliphatic carbocycles. The van der Waals surface area contributed by atoms with Gasteiger partial charge < -0.3 is 11.1 Å². The standard InChI is InChI=1S/C14H22N2O.ClH/c1-2-3-7-10-16-14(17)11-13(15)12-8-5-4-6-9-12;/h4-6,8-9,13H,2-3,7,10-11,15H2,1H3,(H,16,17);1H. The molecule has 102 valence electrons. The van der Waals surface area contributed by atoms with Gasteiger partial charge in [-0.3, -0.25) is 4.79 Å². The number of carbonyl (C=O) groups excluding carboxylic acids is 1. The molecule has 0 aromatic heterocycles. The highest BCUT2D eigenvalue weighted by Crippen LogP contribution is 2.12. The van der Waals surface area contributed by atoms with Gasteiger partial charge in [0.25, 0.3) is 0 Å². The summed E-state index contributed by atoms with van der Waals surface area (Å²) in [5.41, 5.74) is 6.98. The molecule has 0 fully saturated rings. The molecule has 0 heterocycles. The summed E-state index contributed by atoms with van der Waals surface area (Å²) < 4.78 is 0. The van der Waals surface area contributed by atoms with Crippen LogP contribution < -0.4 is 11.1 Å². The Hall–Kier alpha value is -1.06. The third kappa shape index (κ3) is 6.62. The highest BCUT2D eigenvalue weighted by molar-refractivity contribution is 5.85. The molecule has 0 spiro atoms. The first-order valence-electron chi connectivity index (χ1n) is 6.31. The number of halogens is 1. The molecule has 0 aliphatic rings. The number of nitrogens with two attached hydrogens (primary N) is 1. The zero-order valence-electron chi connectivity index (χ0n) is 10.9. The maximum atomic E-state index is 11.6. The number of benzene rings is 1. The number of rotatable bonds is 7. The van der Waals surface area contributed by atoms with E-state index in [1.807, 2.05) is 30.3 Å². The van der Waals surface area contributed by atoms with Crippen molar-refractivity contribution in [2.75, 3.05) is 6.54 Å². The molecule has 0 saturated heterocycles. The van der Waals surface area contributed by atoms with Crippen LogP contribution in [0.15, 0.2) is 30.3 Å². The number of amides is 1. The normalized spacial score (nSPS) is 11.4. The Morgan fingerprint density at radius 1 is 1.28 bits per heavy atom. The van der Waals surface area contributed by atoms with Crippen molar-refractivity contribution in [3.05, 3.63) is 35.9 Å². The van der Waals surface area contributed by atoms with Crippen molar-refractivity contribution >= 4 is 18.3 Å². The van der Waals surface area contributed by atoms with Crippen molar-refractivity contribution in [3.63, 3.8) is 0 Å². The maximum Gasteiger partial charge on any atom is 0.221 e. The van der Waals surface area contributed by atoms with E-state index in [1.54, 1.807) is 0 Å². The van der Waals surface area contributed by atoms with Crippen molar-refractivity contribution in [1.29, 1.82) is 0 Å². The summed E-state index contributed by atoms with van der Waals surface area (Å²) in [5, 5.41) is 2.90. The van der Waals surface area contributed by atoms with Gasteiger partial charge in [0, 0.05) is 19.0 Å². The zero-order chi connectivity index (χ0) is 12.5. The number of unbranched alkanes of at least 4 members (excludes halogenated alkanes) is 2. The summed E-state index contributed by atoms with van der Waals surface area (Å²) in [6, 6.07) is 9.52. The first-order valence-corrected chi connectivity index (χ1v) is 6.31. The van der Waals surface area contributed by atoms with Gasteiger partial charge in [0.1, 0.15) is 0 Å². The smallest absolute Gasteiger partial charge is 0.221 e. The van der Waals surface area contributed by atoms with Crippen molar-refractivity contribution < 1.29 is 4.79 Å². The van der Waals surface area contributed by atoms with Crippen LogP contribution >= 0.6 is 12.4 Å². The number of carbonyl (C=O) groups is 1. The molecule has 1 aromatic carbocycles. The topological polar surface area (TPSA) is 55.1 Å². The van der Waals surface area contributed by atoms with Crippen LogP contribution in [0.3, 0.4) is 0 Å². The largest absolute Gasteiger partial charge is 0.356 e. The third-order valence-electron chi connectivity index (χ3n) is 2.74. The van der Waals surface area contributed by atoms with Gasteiger partial charge in [-0.1, -0.05) is 50.1 Å². The Morgan fingerprint density at radius 2 is 1.94 bits per heavy atom. The van der Waals surface area contributed by atoms with Crippen LogP contribution in [0.2, 0.25) is 0 Å². The molecule has 1 atom stereocenters. The summed E-state index contributed by atoms with van der Waals surface area (Å²) >= 11 is 0. The Bertz CT molecular complexity index is 330. The minimum absolute atomic E-state index is 0. The molecule has 18 heavy (non-hydrogen) atoms. The van der Waals surface area contributed by atoms with Gasteiger partial charge in [0.05, 0.1) is 0 Å². The summed E-state index contributed by atoms with van der Waals surface area (Å²) in [5.74, 6) is 0.0393. The van der Waals surface area contributed by atoms with E-state index in [1.165, 1.54) is 6.42 Å². The van der Waals surface area contributed by atoms with Crippen LogP contribution in [0.5, 0.6) is 0 Å². The second kappa shape index (κ2) is 9.92. The minimum Gasteiger partial charge on any atom is -0.356 e. The van der Waals surface area contributed by atoms with Crippen LogP contribution in [-0.4, -0.2) is 12.5 Å². The van der Waals surface area contributed by atoms with Crippen LogP contribution in [-0.2, 0) is 4.79 Å². The summed E-state index contributed by atoms with van der Waals surface area (Å²) in [4.78, 5) is 11.6. The molecule has 0 aliphatic heterocycles. The highest BCUT2D eigenvalue weighted by Gasteiger charge is 2.10. The number of hydrogen-bond donors (Lipinski definition) is 2. The summed E-state index contributed by atoms with van der Waals surface area (Å²) in [7, 11) is 0. The minimum atomic E-state index is -0.206. The zero-order valence-corrected chi connectivity index (χ0v) is 11.7. The van der Waals surface area contributed by atoms with E-state index in [2.05, 4.69) is 12.2 Å². The van der Waals surface area contributed by atoms with E-state index in [4.69, 9.17) is 5.73 Å². The number of hydrogen-bond acceptors (Lipinski definition) is 2. The maximum absolute atomic E-state index is 11.6. The van der Waals surface area contributed by atoms with Crippen LogP contribution in [0, 0.1) is 0 Å². The number of nitrogens with one attached hydrogen (secondary N) is 1. The lowest BCUT2D eigenvalue weighted by molar-refractivity contribution is -0.121. The fourth-order valence-corrected chi connectivity index (χ4v) is 1.69. The van der Waals surface area contributed by atoms with Crippen molar-refractivity contribution in [1.82, 2.24) is 5.32 Å². The molecule has 3 N–H and O–H groups in total. The second-order valence-corrected chi connectivity index (χ2v) is 4.28. The molecule has 1 unspecified atom stereocenters. The van der Waals surface area contributed by atoms with Crippen molar-refractivity contribution in [2.24, 2.45) is 5.73 Å². The van der Waals surface area contributed by atoms with Crippen LogP contribution in [0.1, 0.15) is 44.2 Å². The van der Waals surface area contributed by atoms with Crippen LogP contribution in [0.4, 0.5) is 0 Å². The molecule has 1 amide bonds. The van der Waals surface area contributed by atoms with Gasteiger partial charge in [0.2, 0.25) is 5.91 Å². The van der Waals surface area contributed by atoms with E-state index >= 15 is 0 Å². The molecule has 3 nitrogen and oxygen atoms in total. The van der Waals surface area contributed by atoms with Gasteiger partial charge in [-0.05, 0) is 12.0 Å². The second-order valence-electron chi connectivity index (χ2n) is 4.28. The van der Waals surface area contributed by atoms with Crippen molar-refractivity contribution in [2.45, 2.75) is 38.6 Å². The summed E-state index contributed by atoms with van der Waals surface area (Å²) in [6.45, 7) is 2.90. The monoisotopic (exact) mass is 270 g/mol. The van der Waals surface area contributed by atoms with Crippen LogP contribution in [0.25, 0.3) is 0 Å². The average Bonchev–Trinajstić information content (AvgIpc) is 2.36. The SMILES string of the molecule is CCCCCNC(=O)CC(N)c1ccccc1.Cl. The quantitative estimate of drug-likeness (QED) is 0.749. The van der Waals surface area contributed by atoms with Gasteiger partial charge in [0.15, 0.2) is 0 Å². The molecule has 4 heteroatoms. The highest BCUT2D eigenvalue weighted by atomic mass is 35.5. The lowest BCUT2D eigenvalue weighted by atomic mass is 10.0. The molecular formula is C14H23ClN2O. The first-order chi connectivity index (χ1) is 8.24. The Kier molecular flexibility index (Phi) is 9.33. The van der Waals surface area contributed by atoms with Crippen molar-refractivity contribution in [3.8, 4) is 0 Å². The molecule has 1 rings (SSSR count). The van der Waals surface area contributed by atoms with Gasteiger partial charge in [-0.25, -0.2) is 0 Å². The predicted molar refractivity (Wildman–Crippen MR) is 77.8 cm³/mol. The average molecular weight is 271 g/mol. The lowest BCUT2D eigenvalue weighted by Crippen LogP contribution is -2.28.